The maximum Gasteiger partial charge on any atom is 0.303 e. The van der Waals surface area contributed by atoms with Crippen LogP contribution in [0.2, 0.25) is 5.02 Å². The minimum atomic E-state index is -0.791. The SMILES string of the molecule is O=C(O)CCCc1cn(Cc2cn(CC(=O)Nc3ccc(Cl)cn3)nn2)c2ccccc12. The van der Waals surface area contributed by atoms with Gasteiger partial charge in [0.25, 0.3) is 0 Å². The number of carboxylic acids is 1. The van der Waals surface area contributed by atoms with E-state index < -0.39 is 5.97 Å². The molecule has 2 N–H and O–H groups in total. The number of amides is 1. The molecule has 1 aromatic carbocycles. The molecule has 3 heterocycles. The van der Waals surface area contributed by atoms with Gasteiger partial charge in [0, 0.05) is 29.7 Å². The Morgan fingerprint density at radius 2 is 1.97 bits per heavy atom. The molecule has 9 nitrogen and oxygen atoms in total. The Morgan fingerprint density at radius 3 is 2.75 bits per heavy atom. The highest BCUT2D eigenvalue weighted by atomic mass is 35.5. The number of aliphatic carboxylic acids is 1. The molecule has 10 heteroatoms. The summed E-state index contributed by atoms with van der Waals surface area (Å²) in [6, 6.07) is 11.3. The molecule has 4 aromatic rings. The summed E-state index contributed by atoms with van der Waals surface area (Å²) in [5.41, 5.74) is 2.85. The first kappa shape index (κ1) is 21.5. The summed E-state index contributed by atoms with van der Waals surface area (Å²) < 4.78 is 3.54. The molecule has 32 heavy (non-hydrogen) atoms. The maximum absolute atomic E-state index is 12.2. The number of fused-ring (bicyclic) bond motifs is 1. The Morgan fingerprint density at radius 1 is 1.12 bits per heavy atom. The highest BCUT2D eigenvalue weighted by Crippen LogP contribution is 2.23. The van der Waals surface area contributed by atoms with Crippen molar-refractivity contribution in [3.05, 3.63) is 71.3 Å². The zero-order valence-corrected chi connectivity index (χ0v) is 17.9. The number of nitrogens with one attached hydrogen (secondary N) is 1. The molecule has 0 spiro atoms. The molecule has 0 aliphatic heterocycles. The Kier molecular flexibility index (Phi) is 6.46. The molecule has 1 amide bonds. The third-order valence-corrected chi connectivity index (χ3v) is 5.15. The van der Waals surface area contributed by atoms with Crippen LogP contribution < -0.4 is 5.32 Å². The van der Waals surface area contributed by atoms with Crippen LogP contribution in [0.1, 0.15) is 24.1 Å². The van der Waals surface area contributed by atoms with Gasteiger partial charge in [0.2, 0.25) is 5.91 Å². The standard InChI is InChI=1S/C22H21ClN6O3/c23-16-8-9-20(24-10-16)25-21(30)14-29-13-17(26-27-29)12-28-11-15(4-3-7-22(31)32)18-5-1-2-6-19(18)28/h1-2,5-6,8-11,13H,3-4,7,12,14H2,(H,31,32)(H,24,25,30). The summed E-state index contributed by atoms with van der Waals surface area (Å²) in [7, 11) is 0. The predicted molar refractivity (Wildman–Crippen MR) is 120 cm³/mol. The molecule has 0 aliphatic rings. The molecule has 0 saturated carbocycles. The monoisotopic (exact) mass is 452 g/mol. The lowest BCUT2D eigenvalue weighted by Crippen LogP contribution is -2.19. The van der Waals surface area contributed by atoms with E-state index in [1.807, 2.05) is 30.5 Å². The number of carbonyl (C=O) groups is 2. The summed E-state index contributed by atoms with van der Waals surface area (Å²) >= 11 is 5.80. The predicted octanol–water partition coefficient (Wildman–Crippen LogP) is 3.38. The molecular weight excluding hydrogens is 432 g/mol. The summed E-state index contributed by atoms with van der Waals surface area (Å²) in [6.07, 6.45) is 6.63. The van der Waals surface area contributed by atoms with Crippen molar-refractivity contribution in [2.45, 2.75) is 32.4 Å². The van der Waals surface area contributed by atoms with E-state index in [1.54, 1.807) is 18.3 Å². The lowest BCUT2D eigenvalue weighted by molar-refractivity contribution is -0.137. The number of halogens is 1. The van der Waals surface area contributed by atoms with Crippen molar-refractivity contribution in [3.63, 3.8) is 0 Å². The first-order valence-corrected chi connectivity index (χ1v) is 10.4. The lowest BCUT2D eigenvalue weighted by atomic mass is 10.1. The van der Waals surface area contributed by atoms with Crippen LogP contribution in [0.3, 0.4) is 0 Å². The zero-order chi connectivity index (χ0) is 22.5. The zero-order valence-electron chi connectivity index (χ0n) is 17.1. The molecule has 0 fully saturated rings. The Balaban J connectivity index is 1.43. The number of hydrogen-bond donors (Lipinski definition) is 2. The van der Waals surface area contributed by atoms with Gasteiger partial charge >= 0.3 is 5.97 Å². The first-order valence-electron chi connectivity index (χ1n) is 10.1. The highest BCUT2D eigenvalue weighted by Gasteiger charge is 2.12. The van der Waals surface area contributed by atoms with Gasteiger partial charge in [0.1, 0.15) is 18.1 Å². The molecule has 0 aliphatic carbocycles. The van der Waals surface area contributed by atoms with E-state index in [2.05, 4.69) is 25.2 Å². The fraction of sp³-hybridized carbons (Fsp3) is 0.227. The fourth-order valence-corrected chi connectivity index (χ4v) is 3.64. The van der Waals surface area contributed by atoms with Crippen LogP contribution >= 0.6 is 11.6 Å². The second-order valence-electron chi connectivity index (χ2n) is 7.36. The molecule has 3 aromatic heterocycles. The van der Waals surface area contributed by atoms with Crippen molar-refractivity contribution in [2.75, 3.05) is 5.32 Å². The lowest BCUT2D eigenvalue weighted by Gasteiger charge is -2.04. The molecule has 0 saturated heterocycles. The number of carbonyl (C=O) groups excluding carboxylic acids is 1. The van der Waals surface area contributed by atoms with Crippen LogP contribution in [0.4, 0.5) is 5.82 Å². The Labute approximate surface area is 188 Å². The van der Waals surface area contributed by atoms with Crippen molar-refractivity contribution < 1.29 is 14.7 Å². The van der Waals surface area contributed by atoms with Crippen molar-refractivity contribution in [3.8, 4) is 0 Å². The number of para-hydroxylation sites is 1. The van der Waals surface area contributed by atoms with Crippen molar-refractivity contribution >= 4 is 40.2 Å². The van der Waals surface area contributed by atoms with E-state index in [0.717, 1.165) is 16.5 Å². The van der Waals surface area contributed by atoms with Gasteiger partial charge in [-0.15, -0.1) is 5.10 Å². The highest BCUT2D eigenvalue weighted by molar-refractivity contribution is 6.30. The topological polar surface area (TPSA) is 115 Å². The van der Waals surface area contributed by atoms with Gasteiger partial charge in [0.15, 0.2) is 0 Å². The van der Waals surface area contributed by atoms with E-state index in [-0.39, 0.29) is 18.9 Å². The normalized spacial score (nSPS) is 11.0. The third kappa shape index (κ3) is 5.30. The van der Waals surface area contributed by atoms with Gasteiger partial charge in [0.05, 0.1) is 17.8 Å². The number of anilines is 1. The Bertz CT molecular complexity index is 1250. The fourth-order valence-electron chi connectivity index (χ4n) is 3.52. The number of aromatic nitrogens is 5. The van der Waals surface area contributed by atoms with Gasteiger partial charge in [-0.2, -0.15) is 0 Å². The summed E-state index contributed by atoms with van der Waals surface area (Å²) in [4.78, 5) is 27.1. The molecule has 0 bridgehead atoms. The number of hydrogen-bond acceptors (Lipinski definition) is 5. The molecule has 164 valence electrons. The van der Waals surface area contributed by atoms with Crippen LogP contribution in [0, 0.1) is 0 Å². The average Bonchev–Trinajstić information content (AvgIpc) is 3.34. The molecule has 0 atom stereocenters. The van der Waals surface area contributed by atoms with E-state index in [1.165, 1.54) is 10.9 Å². The first-order chi connectivity index (χ1) is 15.5. The largest absolute Gasteiger partial charge is 0.481 e. The summed E-state index contributed by atoms with van der Waals surface area (Å²) in [6.45, 7) is 0.490. The number of pyridine rings is 1. The van der Waals surface area contributed by atoms with Gasteiger partial charge in [-0.1, -0.05) is 35.0 Å². The van der Waals surface area contributed by atoms with Gasteiger partial charge in [-0.25, -0.2) is 9.67 Å². The Hall–Kier alpha value is -3.72. The molecule has 0 radical (unpaired) electrons. The van der Waals surface area contributed by atoms with E-state index in [0.29, 0.717) is 35.9 Å². The van der Waals surface area contributed by atoms with Crippen LogP contribution in [0.5, 0.6) is 0 Å². The molecule has 4 rings (SSSR count). The maximum atomic E-state index is 12.2. The molecular formula is C22H21ClN6O3. The van der Waals surface area contributed by atoms with Crippen LogP contribution in [0.15, 0.2) is 55.0 Å². The minimum Gasteiger partial charge on any atom is -0.481 e. The molecule has 0 unspecified atom stereocenters. The van der Waals surface area contributed by atoms with Crippen LogP contribution in [-0.4, -0.2) is 41.5 Å². The van der Waals surface area contributed by atoms with Gasteiger partial charge in [-0.3, -0.25) is 9.59 Å². The van der Waals surface area contributed by atoms with Crippen molar-refractivity contribution in [1.82, 2.24) is 24.5 Å². The van der Waals surface area contributed by atoms with E-state index in [9.17, 15) is 9.59 Å². The smallest absolute Gasteiger partial charge is 0.303 e. The second-order valence-corrected chi connectivity index (χ2v) is 7.80. The quantitative estimate of drug-likeness (QED) is 0.402. The van der Waals surface area contributed by atoms with E-state index in [4.69, 9.17) is 16.7 Å². The second kappa shape index (κ2) is 9.61. The number of rotatable bonds is 9. The summed E-state index contributed by atoms with van der Waals surface area (Å²) in [5.74, 6) is -0.654. The van der Waals surface area contributed by atoms with Crippen molar-refractivity contribution in [2.24, 2.45) is 0 Å². The summed E-state index contributed by atoms with van der Waals surface area (Å²) in [5, 5.41) is 21.4. The average molecular weight is 453 g/mol. The number of carboxylic acid groups (broad SMARTS) is 1. The van der Waals surface area contributed by atoms with Gasteiger partial charge in [-0.05, 0) is 36.6 Å². The van der Waals surface area contributed by atoms with E-state index >= 15 is 0 Å². The van der Waals surface area contributed by atoms with Gasteiger partial charge < -0.3 is 15.0 Å². The number of benzene rings is 1. The van der Waals surface area contributed by atoms with Crippen LogP contribution in [0.25, 0.3) is 10.9 Å². The number of aryl methyl sites for hydroxylation is 1. The van der Waals surface area contributed by atoms with Crippen molar-refractivity contribution in [1.29, 1.82) is 0 Å². The minimum absolute atomic E-state index is 0.00414. The van der Waals surface area contributed by atoms with Crippen LogP contribution in [-0.2, 0) is 29.1 Å². The number of nitrogens with zero attached hydrogens (tertiary/aromatic N) is 5. The third-order valence-electron chi connectivity index (χ3n) is 4.93.